The van der Waals surface area contributed by atoms with Crippen LogP contribution in [0.1, 0.15) is 24.3 Å². The Morgan fingerprint density at radius 2 is 2.12 bits per heavy atom. The number of aryl methyl sites for hydroxylation is 1. The molecule has 1 rings (SSSR count). The maximum Gasteiger partial charge on any atom is 0.412 e. The average Bonchev–Trinajstić information content (AvgIpc) is 2.48. The van der Waals surface area contributed by atoms with Gasteiger partial charge >= 0.3 is 6.18 Å². The van der Waals surface area contributed by atoms with Gasteiger partial charge in [0.25, 0.3) is 0 Å². The summed E-state index contributed by atoms with van der Waals surface area (Å²) in [7, 11) is 0.0585. The van der Waals surface area contributed by atoms with E-state index in [9.17, 15) is 21.6 Å². The van der Waals surface area contributed by atoms with Gasteiger partial charge < -0.3 is 4.57 Å². The Morgan fingerprint density at radius 3 is 2.53 bits per heavy atom. The van der Waals surface area contributed by atoms with Gasteiger partial charge in [-0.15, -0.1) is 0 Å². The molecule has 0 N–H and O–H groups in total. The highest BCUT2D eigenvalue weighted by Gasteiger charge is 2.50. The van der Waals surface area contributed by atoms with E-state index in [1.54, 1.807) is 6.92 Å². The summed E-state index contributed by atoms with van der Waals surface area (Å²) in [6, 6.07) is 0. The highest BCUT2D eigenvalue weighted by Crippen LogP contribution is 2.40. The number of nitrogens with zero attached hydrogens (tertiary/aromatic N) is 2. The number of hydrogen-bond donors (Lipinski definition) is 0. The summed E-state index contributed by atoms with van der Waals surface area (Å²) in [6.07, 6.45) is -2.39. The lowest BCUT2D eigenvalue weighted by Crippen LogP contribution is -2.28. The van der Waals surface area contributed by atoms with Crippen LogP contribution in [0.2, 0.25) is 0 Å². The summed E-state index contributed by atoms with van der Waals surface area (Å²) in [5, 5.41) is -2.74. The molecule has 0 aliphatic carbocycles. The van der Waals surface area contributed by atoms with E-state index in [0.29, 0.717) is 6.42 Å². The van der Waals surface area contributed by atoms with E-state index in [1.807, 2.05) is 0 Å². The van der Waals surface area contributed by atoms with Crippen LogP contribution >= 0.6 is 10.7 Å². The second-order valence-electron chi connectivity index (χ2n) is 3.41. The van der Waals surface area contributed by atoms with Crippen molar-refractivity contribution in [1.29, 1.82) is 0 Å². The quantitative estimate of drug-likeness (QED) is 0.801. The van der Waals surface area contributed by atoms with Crippen molar-refractivity contribution in [2.75, 3.05) is 0 Å². The fourth-order valence-corrected chi connectivity index (χ4v) is 2.83. The molecule has 4 nitrogen and oxygen atoms in total. The number of halogens is 4. The molecule has 0 amide bonds. The van der Waals surface area contributed by atoms with Crippen LogP contribution < -0.4 is 0 Å². The Balaban J connectivity index is 3.29. The molecule has 0 aliphatic heterocycles. The molecule has 0 aromatic carbocycles. The largest absolute Gasteiger partial charge is 0.412 e. The minimum Gasteiger partial charge on any atom is -0.333 e. The second-order valence-corrected chi connectivity index (χ2v) is 6.12. The molecular weight excluding hydrogens is 281 g/mol. The summed E-state index contributed by atoms with van der Waals surface area (Å²) in [6.45, 7) is 2.00. The molecule has 0 fully saturated rings. The number of rotatable bonds is 4. The lowest BCUT2D eigenvalue weighted by Gasteiger charge is -2.18. The van der Waals surface area contributed by atoms with Crippen molar-refractivity contribution < 1.29 is 21.6 Å². The minimum atomic E-state index is -4.97. The smallest absolute Gasteiger partial charge is 0.333 e. The molecular formula is C8H10ClF3N2O2S. The molecule has 98 valence electrons. The van der Waals surface area contributed by atoms with Crippen LogP contribution in [0.15, 0.2) is 12.5 Å². The zero-order valence-corrected chi connectivity index (χ0v) is 10.3. The van der Waals surface area contributed by atoms with Gasteiger partial charge in [-0.1, -0.05) is 6.92 Å². The van der Waals surface area contributed by atoms with Gasteiger partial charge in [-0.2, -0.15) is 13.2 Å². The van der Waals surface area contributed by atoms with Crippen LogP contribution in [-0.4, -0.2) is 24.1 Å². The molecule has 0 radical (unpaired) electrons. The molecule has 0 bridgehead atoms. The van der Waals surface area contributed by atoms with Crippen molar-refractivity contribution in [2.45, 2.75) is 31.3 Å². The van der Waals surface area contributed by atoms with Crippen LogP contribution in [0.25, 0.3) is 0 Å². The van der Waals surface area contributed by atoms with Gasteiger partial charge in [0.1, 0.15) is 0 Å². The molecule has 1 aromatic heterocycles. The second kappa shape index (κ2) is 4.85. The first-order chi connectivity index (χ1) is 7.68. The summed E-state index contributed by atoms with van der Waals surface area (Å²) in [5.41, 5.74) is -0.464. The third kappa shape index (κ3) is 3.35. The van der Waals surface area contributed by atoms with Gasteiger partial charge in [0.15, 0.2) is 0 Å². The summed E-state index contributed by atoms with van der Waals surface area (Å²) in [4.78, 5) is 3.53. The number of hydrogen-bond acceptors (Lipinski definition) is 3. The number of aromatic nitrogens is 2. The van der Waals surface area contributed by atoms with Gasteiger partial charge in [-0.25, -0.2) is 13.4 Å². The molecule has 0 aliphatic rings. The van der Waals surface area contributed by atoms with Crippen molar-refractivity contribution in [2.24, 2.45) is 0 Å². The minimum absolute atomic E-state index is 0.244. The average molecular weight is 291 g/mol. The molecule has 1 unspecified atom stereocenters. The van der Waals surface area contributed by atoms with Crippen molar-refractivity contribution in [3.8, 4) is 0 Å². The molecule has 17 heavy (non-hydrogen) atoms. The Kier molecular flexibility index (Phi) is 4.08. The summed E-state index contributed by atoms with van der Waals surface area (Å²) < 4.78 is 61.3. The SMILES string of the molecule is CCCn1cncc1C(C(F)(F)F)S(=O)(=O)Cl. The summed E-state index contributed by atoms with van der Waals surface area (Å²) >= 11 is 0. The monoisotopic (exact) mass is 290 g/mol. The number of imidazole rings is 1. The van der Waals surface area contributed by atoms with Crippen LogP contribution in [0.4, 0.5) is 13.2 Å². The molecule has 9 heteroatoms. The van der Waals surface area contributed by atoms with Gasteiger partial charge in [0, 0.05) is 23.4 Å². The van der Waals surface area contributed by atoms with Gasteiger partial charge in [0.2, 0.25) is 14.3 Å². The van der Waals surface area contributed by atoms with Gasteiger partial charge in [-0.3, -0.25) is 0 Å². The van der Waals surface area contributed by atoms with Crippen molar-refractivity contribution >= 4 is 19.7 Å². The fourth-order valence-electron chi connectivity index (χ4n) is 1.45. The first-order valence-corrected chi connectivity index (χ1v) is 7.05. The predicted octanol–water partition coefficient (Wildman–Crippen LogP) is 2.47. The van der Waals surface area contributed by atoms with E-state index in [-0.39, 0.29) is 6.54 Å². The molecule has 0 saturated carbocycles. The number of alkyl halides is 3. The molecule has 0 saturated heterocycles. The van der Waals surface area contributed by atoms with E-state index in [4.69, 9.17) is 10.7 Å². The lowest BCUT2D eigenvalue weighted by molar-refractivity contribution is -0.132. The van der Waals surface area contributed by atoms with Crippen LogP contribution in [0, 0.1) is 0 Å². The first kappa shape index (κ1) is 14.3. The Morgan fingerprint density at radius 1 is 1.53 bits per heavy atom. The third-order valence-electron chi connectivity index (χ3n) is 2.06. The highest BCUT2D eigenvalue weighted by atomic mass is 35.7. The fraction of sp³-hybridized carbons (Fsp3) is 0.625. The van der Waals surface area contributed by atoms with Crippen LogP contribution in [0.3, 0.4) is 0 Å². The van der Waals surface area contributed by atoms with E-state index in [1.165, 1.54) is 0 Å². The zero-order chi connectivity index (χ0) is 13.3. The lowest BCUT2D eigenvalue weighted by atomic mass is 10.3. The third-order valence-corrected chi connectivity index (χ3v) is 3.66. The maximum absolute atomic E-state index is 12.7. The molecule has 0 spiro atoms. The molecule has 1 atom stereocenters. The molecule has 1 heterocycles. The molecule has 1 aromatic rings. The van der Waals surface area contributed by atoms with Crippen LogP contribution in [0.5, 0.6) is 0 Å². The zero-order valence-electron chi connectivity index (χ0n) is 8.78. The highest BCUT2D eigenvalue weighted by molar-refractivity contribution is 8.14. The van der Waals surface area contributed by atoms with Gasteiger partial charge in [-0.05, 0) is 6.42 Å². The van der Waals surface area contributed by atoms with Crippen molar-refractivity contribution in [3.63, 3.8) is 0 Å². The topological polar surface area (TPSA) is 52.0 Å². The van der Waals surface area contributed by atoms with E-state index < -0.39 is 26.2 Å². The van der Waals surface area contributed by atoms with Crippen molar-refractivity contribution in [1.82, 2.24) is 9.55 Å². The summed E-state index contributed by atoms with van der Waals surface area (Å²) in [5.74, 6) is 0. The van der Waals surface area contributed by atoms with Crippen LogP contribution in [-0.2, 0) is 15.6 Å². The first-order valence-electron chi connectivity index (χ1n) is 4.68. The van der Waals surface area contributed by atoms with Crippen molar-refractivity contribution in [3.05, 3.63) is 18.2 Å². The van der Waals surface area contributed by atoms with E-state index >= 15 is 0 Å². The predicted molar refractivity (Wildman–Crippen MR) is 56.1 cm³/mol. The Hall–Kier alpha value is -0.760. The standard InChI is InChI=1S/C8H10ClF3N2O2S/c1-2-3-14-5-13-4-6(14)7(8(10,11)12)17(9,15)16/h4-5,7H,2-3H2,1H3. The van der Waals surface area contributed by atoms with E-state index in [0.717, 1.165) is 17.1 Å². The Bertz CT molecular complexity index is 483. The van der Waals surface area contributed by atoms with Gasteiger partial charge in [0.05, 0.1) is 12.0 Å². The maximum atomic E-state index is 12.7. The van der Waals surface area contributed by atoms with E-state index in [2.05, 4.69) is 4.98 Å². The Labute approximate surface area is 101 Å². The normalized spacial score (nSPS) is 14.9.